The van der Waals surface area contributed by atoms with E-state index in [0.29, 0.717) is 13.2 Å². The molecular formula is C13H16BrNO2. The van der Waals surface area contributed by atoms with Gasteiger partial charge in [0.05, 0.1) is 0 Å². The van der Waals surface area contributed by atoms with Crippen LogP contribution in [0.4, 0.5) is 0 Å². The molecule has 1 saturated heterocycles. The van der Waals surface area contributed by atoms with Crippen molar-refractivity contribution in [3.05, 3.63) is 22.2 Å². The molecule has 3 rings (SSSR count). The van der Waals surface area contributed by atoms with E-state index in [4.69, 9.17) is 9.47 Å². The van der Waals surface area contributed by atoms with Gasteiger partial charge in [0, 0.05) is 15.6 Å². The van der Waals surface area contributed by atoms with Crippen molar-refractivity contribution in [3.63, 3.8) is 0 Å². The third kappa shape index (κ3) is 1.83. The topological polar surface area (TPSA) is 30.5 Å². The maximum Gasteiger partial charge on any atom is 0.167 e. The summed E-state index contributed by atoms with van der Waals surface area (Å²) in [7, 11) is 0. The summed E-state index contributed by atoms with van der Waals surface area (Å²) in [6.45, 7) is 4.57. The van der Waals surface area contributed by atoms with Crippen molar-refractivity contribution in [1.82, 2.24) is 5.32 Å². The monoisotopic (exact) mass is 297 g/mol. The van der Waals surface area contributed by atoms with Gasteiger partial charge in [0.25, 0.3) is 0 Å². The van der Waals surface area contributed by atoms with Gasteiger partial charge >= 0.3 is 0 Å². The quantitative estimate of drug-likeness (QED) is 0.865. The molecule has 0 spiro atoms. The van der Waals surface area contributed by atoms with Crippen molar-refractivity contribution in [3.8, 4) is 11.5 Å². The normalized spacial score (nSPS) is 27.2. The molecule has 17 heavy (non-hydrogen) atoms. The Kier molecular flexibility index (Phi) is 2.79. The molecule has 1 aromatic carbocycles. The fourth-order valence-corrected chi connectivity index (χ4v) is 3.46. The Morgan fingerprint density at radius 3 is 2.88 bits per heavy atom. The van der Waals surface area contributed by atoms with Crippen LogP contribution in [-0.2, 0) is 5.54 Å². The molecule has 1 aromatic rings. The fourth-order valence-electron chi connectivity index (χ4n) is 2.71. The van der Waals surface area contributed by atoms with E-state index in [-0.39, 0.29) is 5.54 Å². The zero-order valence-electron chi connectivity index (χ0n) is 9.88. The molecule has 1 fully saturated rings. The zero-order chi connectivity index (χ0) is 11.9. The molecule has 0 aromatic heterocycles. The van der Waals surface area contributed by atoms with Gasteiger partial charge in [0.1, 0.15) is 13.2 Å². The molecule has 0 amide bonds. The summed E-state index contributed by atoms with van der Waals surface area (Å²) in [5.74, 6) is 1.77. The van der Waals surface area contributed by atoms with E-state index in [9.17, 15) is 0 Å². The van der Waals surface area contributed by atoms with Crippen molar-refractivity contribution < 1.29 is 9.47 Å². The summed E-state index contributed by atoms with van der Waals surface area (Å²) >= 11 is 3.65. The number of halogens is 1. The Morgan fingerprint density at radius 2 is 2.12 bits per heavy atom. The largest absolute Gasteiger partial charge is 0.486 e. The first-order valence-corrected chi connectivity index (χ1v) is 6.84. The summed E-state index contributed by atoms with van der Waals surface area (Å²) < 4.78 is 12.6. The molecule has 0 saturated carbocycles. The van der Waals surface area contributed by atoms with Crippen LogP contribution in [0.15, 0.2) is 16.6 Å². The molecule has 3 nitrogen and oxygen atoms in total. The van der Waals surface area contributed by atoms with E-state index < -0.39 is 0 Å². The highest BCUT2D eigenvalue weighted by atomic mass is 79.9. The second kappa shape index (κ2) is 4.18. The Bertz CT molecular complexity index is 441. The molecule has 1 N–H and O–H groups in total. The molecule has 2 aliphatic heterocycles. The van der Waals surface area contributed by atoms with Crippen molar-refractivity contribution >= 4 is 15.9 Å². The molecule has 2 aliphatic rings. The average molecular weight is 298 g/mol. The van der Waals surface area contributed by atoms with Gasteiger partial charge in [0.15, 0.2) is 11.5 Å². The van der Waals surface area contributed by atoms with E-state index in [2.05, 4.69) is 28.2 Å². The Morgan fingerprint density at radius 1 is 1.29 bits per heavy atom. The lowest BCUT2D eigenvalue weighted by Crippen LogP contribution is -2.35. The smallest absolute Gasteiger partial charge is 0.167 e. The molecule has 4 heteroatoms. The third-order valence-corrected chi connectivity index (χ3v) is 4.24. The van der Waals surface area contributed by atoms with Gasteiger partial charge in [-0.1, -0.05) is 15.9 Å². The summed E-state index contributed by atoms with van der Waals surface area (Å²) in [5, 5.41) is 3.57. The van der Waals surface area contributed by atoms with Crippen LogP contribution in [0, 0.1) is 0 Å². The molecule has 92 valence electrons. The highest BCUT2D eigenvalue weighted by Gasteiger charge is 2.36. The Labute approximate surface area is 110 Å². The summed E-state index contributed by atoms with van der Waals surface area (Å²) in [6.07, 6.45) is 2.33. The minimum Gasteiger partial charge on any atom is -0.486 e. The predicted octanol–water partition coefficient (Wildman–Crippen LogP) is 2.82. The first kappa shape index (κ1) is 11.4. The zero-order valence-corrected chi connectivity index (χ0v) is 11.5. The van der Waals surface area contributed by atoms with Gasteiger partial charge < -0.3 is 14.8 Å². The molecule has 1 unspecified atom stereocenters. The van der Waals surface area contributed by atoms with Crippen LogP contribution < -0.4 is 14.8 Å². The molecule has 0 bridgehead atoms. The van der Waals surface area contributed by atoms with Gasteiger partial charge in [-0.05, 0) is 38.4 Å². The van der Waals surface area contributed by atoms with Crippen LogP contribution in [0.2, 0.25) is 0 Å². The lowest BCUT2D eigenvalue weighted by Gasteiger charge is -2.31. The van der Waals surface area contributed by atoms with Crippen molar-refractivity contribution in [1.29, 1.82) is 0 Å². The molecule has 2 heterocycles. The number of rotatable bonds is 1. The van der Waals surface area contributed by atoms with Crippen LogP contribution in [0.25, 0.3) is 0 Å². The standard InChI is InChI=1S/C13H16BrNO2/c1-13(5-2-6-15-13)11-9(14)3-4-10-12(11)17-8-7-16-10/h3-4,15H,2,5-8H2,1H3. The SMILES string of the molecule is CC1(c2c(Br)ccc3c2OCCO3)CCCN1. The lowest BCUT2D eigenvalue weighted by molar-refractivity contribution is 0.166. The summed E-state index contributed by atoms with van der Waals surface area (Å²) in [5.41, 5.74) is 1.19. The van der Waals surface area contributed by atoms with E-state index in [1.165, 1.54) is 12.0 Å². The van der Waals surface area contributed by atoms with Crippen molar-refractivity contribution in [2.75, 3.05) is 19.8 Å². The number of hydrogen-bond acceptors (Lipinski definition) is 3. The average Bonchev–Trinajstić information content (AvgIpc) is 2.76. The van der Waals surface area contributed by atoms with Crippen LogP contribution in [0.1, 0.15) is 25.3 Å². The van der Waals surface area contributed by atoms with Gasteiger partial charge in [0.2, 0.25) is 0 Å². The molecule has 1 atom stereocenters. The van der Waals surface area contributed by atoms with E-state index in [1.807, 2.05) is 12.1 Å². The van der Waals surface area contributed by atoms with Crippen LogP contribution in [-0.4, -0.2) is 19.8 Å². The first-order valence-electron chi connectivity index (χ1n) is 6.04. The van der Waals surface area contributed by atoms with Gasteiger partial charge in [-0.25, -0.2) is 0 Å². The van der Waals surface area contributed by atoms with E-state index in [1.54, 1.807) is 0 Å². The number of hydrogen-bond donors (Lipinski definition) is 1. The van der Waals surface area contributed by atoms with E-state index >= 15 is 0 Å². The highest BCUT2D eigenvalue weighted by Crippen LogP contribution is 2.46. The molecule has 0 radical (unpaired) electrons. The van der Waals surface area contributed by atoms with Crippen molar-refractivity contribution in [2.24, 2.45) is 0 Å². The maximum atomic E-state index is 5.82. The minimum atomic E-state index is -0.00905. The fraction of sp³-hybridized carbons (Fsp3) is 0.538. The van der Waals surface area contributed by atoms with Gasteiger partial charge in [-0.2, -0.15) is 0 Å². The Hall–Kier alpha value is -0.740. The summed E-state index contributed by atoms with van der Waals surface area (Å²) in [4.78, 5) is 0. The lowest BCUT2D eigenvalue weighted by atomic mass is 9.89. The van der Waals surface area contributed by atoms with Gasteiger partial charge in [-0.15, -0.1) is 0 Å². The predicted molar refractivity (Wildman–Crippen MR) is 69.7 cm³/mol. The minimum absolute atomic E-state index is 0.00905. The number of nitrogens with one attached hydrogen (secondary N) is 1. The van der Waals surface area contributed by atoms with E-state index in [0.717, 1.165) is 28.9 Å². The maximum absolute atomic E-state index is 5.82. The van der Waals surface area contributed by atoms with Crippen LogP contribution in [0.5, 0.6) is 11.5 Å². The number of fused-ring (bicyclic) bond motifs is 1. The number of benzene rings is 1. The van der Waals surface area contributed by atoms with Crippen LogP contribution >= 0.6 is 15.9 Å². The highest BCUT2D eigenvalue weighted by molar-refractivity contribution is 9.10. The second-order valence-corrected chi connectivity index (χ2v) is 5.66. The second-order valence-electron chi connectivity index (χ2n) is 4.81. The first-order chi connectivity index (χ1) is 8.21. The van der Waals surface area contributed by atoms with Crippen LogP contribution in [0.3, 0.4) is 0 Å². The van der Waals surface area contributed by atoms with Crippen molar-refractivity contribution in [2.45, 2.75) is 25.3 Å². The molecule has 0 aliphatic carbocycles. The molecular weight excluding hydrogens is 282 g/mol. The Balaban J connectivity index is 2.14. The van der Waals surface area contributed by atoms with Gasteiger partial charge in [-0.3, -0.25) is 0 Å². The number of ether oxygens (including phenoxy) is 2. The summed E-state index contributed by atoms with van der Waals surface area (Å²) in [6, 6.07) is 4.02. The third-order valence-electron chi connectivity index (χ3n) is 3.58.